The van der Waals surface area contributed by atoms with E-state index in [9.17, 15) is 4.79 Å². The van der Waals surface area contributed by atoms with Gasteiger partial charge in [0, 0.05) is 25.5 Å². The molecule has 1 aromatic heterocycles. The highest BCUT2D eigenvalue weighted by molar-refractivity contribution is 5.73. The van der Waals surface area contributed by atoms with Gasteiger partial charge in [-0.1, -0.05) is 58.3 Å². The molecule has 0 aliphatic rings. The predicted octanol–water partition coefficient (Wildman–Crippen LogP) is 4.41. The van der Waals surface area contributed by atoms with E-state index in [-0.39, 0.29) is 6.03 Å². The maximum Gasteiger partial charge on any atom is 0.315 e. The molecule has 4 heteroatoms. The average Bonchev–Trinajstić information content (AvgIpc) is 2.55. The summed E-state index contributed by atoms with van der Waals surface area (Å²) in [6.45, 7) is 3.56. The van der Waals surface area contributed by atoms with Gasteiger partial charge in [0.25, 0.3) is 0 Å². The van der Waals surface area contributed by atoms with Crippen LogP contribution in [0.1, 0.15) is 70.3 Å². The van der Waals surface area contributed by atoms with E-state index < -0.39 is 0 Å². The number of pyridine rings is 1. The number of unbranched alkanes of at least 4 members (excludes halogenated alkanes) is 8. The van der Waals surface area contributed by atoms with Crippen molar-refractivity contribution in [3.8, 4) is 0 Å². The van der Waals surface area contributed by atoms with Crippen molar-refractivity contribution in [1.82, 2.24) is 15.6 Å². The third-order valence-corrected chi connectivity index (χ3v) is 3.77. The molecule has 0 fully saturated rings. The first-order valence-corrected chi connectivity index (χ1v) is 8.73. The molecule has 0 saturated carbocycles. The molecule has 1 heterocycles. The Balaban J connectivity index is 1.87. The van der Waals surface area contributed by atoms with Crippen LogP contribution in [0.5, 0.6) is 0 Å². The van der Waals surface area contributed by atoms with Gasteiger partial charge in [0.2, 0.25) is 0 Å². The fourth-order valence-electron chi connectivity index (χ4n) is 2.38. The van der Waals surface area contributed by atoms with E-state index in [1.54, 1.807) is 12.4 Å². The Hall–Kier alpha value is -1.58. The van der Waals surface area contributed by atoms with Crippen LogP contribution in [0.2, 0.25) is 0 Å². The molecule has 0 aromatic carbocycles. The predicted molar refractivity (Wildman–Crippen MR) is 91.7 cm³/mol. The van der Waals surface area contributed by atoms with Crippen molar-refractivity contribution in [3.63, 3.8) is 0 Å². The second kappa shape index (κ2) is 13.1. The van der Waals surface area contributed by atoms with Crippen LogP contribution in [-0.2, 0) is 6.54 Å². The number of aromatic nitrogens is 1. The van der Waals surface area contributed by atoms with E-state index in [1.807, 2.05) is 12.1 Å². The monoisotopic (exact) mass is 305 g/mol. The number of hydrogen-bond donors (Lipinski definition) is 2. The van der Waals surface area contributed by atoms with Gasteiger partial charge < -0.3 is 10.6 Å². The van der Waals surface area contributed by atoms with Crippen molar-refractivity contribution in [1.29, 1.82) is 0 Å². The molecule has 4 nitrogen and oxygen atoms in total. The SMILES string of the molecule is CCCCCCCCCCCNC(=O)NCc1ccncc1. The minimum atomic E-state index is -0.0867. The van der Waals surface area contributed by atoms with Gasteiger partial charge in [0.1, 0.15) is 0 Å². The van der Waals surface area contributed by atoms with Crippen molar-refractivity contribution < 1.29 is 4.79 Å². The van der Waals surface area contributed by atoms with Gasteiger partial charge >= 0.3 is 6.03 Å². The molecule has 0 atom stereocenters. The lowest BCUT2D eigenvalue weighted by Gasteiger charge is -2.07. The summed E-state index contributed by atoms with van der Waals surface area (Å²) >= 11 is 0. The first-order chi connectivity index (χ1) is 10.8. The van der Waals surface area contributed by atoms with E-state index in [4.69, 9.17) is 0 Å². The van der Waals surface area contributed by atoms with Crippen LogP contribution in [-0.4, -0.2) is 17.6 Å². The van der Waals surface area contributed by atoms with E-state index in [2.05, 4.69) is 22.5 Å². The Bertz CT molecular complexity index is 381. The van der Waals surface area contributed by atoms with E-state index >= 15 is 0 Å². The minimum Gasteiger partial charge on any atom is -0.338 e. The third kappa shape index (κ3) is 10.2. The standard InChI is InChI=1S/C18H31N3O/c1-2-3-4-5-6-7-8-9-10-13-20-18(22)21-16-17-11-14-19-15-12-17/h11-12,14-15H,2-10,13,16H2,1H3,(H2,20,21,22). The first-order valence-electron chi connectivity index (χ1n) is 8.73. The average molecular weight is 305 g/mol. The minimum absolute atomic E-state index is 0.0867. The Morgan fingerprint density at radius 2 is 1.50 bits per heavy atom. The summed E-state index contributed by atoms with van der Waals surface area (Å²) in [5.41, 5.74) is 1.06. The maximum atomic E-state index is 11.6. The van der Waals surface area contributed by atoms with Gasteiger partial charge in [-0.2, -0.15) is 0 Å². The number of rotatable bonds is 12. The highest BCUT2D eigenvalue weighted by atomic mass is 16.2. The molecule has 0 saturated heterocycles. The molecular formula is C18H31N3O. The quantitative estimate of drug-likeness (QED) is 0.562. The number of urea groups is 1. The molecular weight excluding hydrogens is 274 g/mol. The highest BCUT2D eigenvalue weighted by Gasteiger charge is 1.99. The summed E-state index contributed by atoms with van der Waals surface area (Å²) in [7, 11) is 0. The zero-order valence-corrected chi connectivity index (χ0v) is 13.9. The van der Waals surface area contributed by atoms with Crippen molar-refractivity contribution in [2.75, 3.05) is 6.54 Å². The van der Waals surface area contributed by atoms with Gasteiger partial charge in [0.15, 0.2) is 0 Å². The van der Waals surface area contributed by atoms with Crippen LogP contribution in [0.15, 0.2) is 24.5 Å². The fraction of sp³-hybridized carbons (Fsp3) is 0.667. The molecule has 2 amide bonds. The van der Waals surface area contributed by atoms with Gasteiger partial charge in [-0.15, -0.1) is 0 Å². The zero-order valence-electron chi connectivity index (χ0n) is 13.9. The number of carbonyl (C=O) groups is 1. The van der Waals surface area contributed by atoms with Gasteiger partial charge in [0.05, 0.1) is 0 Å². The normalized spacial score (nSPS) is 10.4. The lowest BCUT2D eigenvalue weighted by molar-refractivity contribution is 0.240. The molecule has 22 heavy (non-hydrogen) atoms. The Labute approximate surface area is 135 Å². The number of hydrogen-bond acceptors (Lipinski definition) is 2. The molecule has 1 rings (SSSR count). The smallest absolute Gasteiger partial charge is 0.315 e. The third-order valence-electron chi connectivity index (χ3n) is 3.77. The molecule has 0 aliphatic carbocycles. The largest absolute Gasteiger partial charge is 0.338 e. The van der Waals surface area contributed by atoms with Crippen LogP contribution in [0, 0.1) is 0 Å². The molecule has 1 aromatic rings. The lowest BCUT2D eigenvalue weighted by Crippen LogP contribution is -2.35. The Morgan fingerprint density at radius 1 is 0.909 bits per heavy atom. The van der Waals surface area contributed by atoms with Crippen LogP contribution < -0.4 is 10.6 Å². The van der Waals surface area contributed by atoms with Crippen molar-refractivity contribution in [3.05, 3.63) is 30.1 Å². The zero-order chi connectivity index (χ0) is 15.9. The van der Waals surface area contributed by atoms with E-state index in [1.165, 1.54) is 51.4 Å². The summed E-state index contributed by atoms with van der Waals surface area (Å²) in [6, 6.07) is 3.72. The number of nitrogens with zero attached hydrogens (tertiary/aromatic N) is 1. The molecule has 0 unspecified atom stereocenters. The van der Waals surface area contributed by atoms with E-state index in [0.29, 0.717) is 6.54 Å². The topological polar surface area (TPSA) is 54.0 Å². The van der Waals surface area contributed by atoms with Crippen molar-refractivity contribution in [2.45, 2.75) is 71.3 Å². The summed E-state index contributed by atoms with van der Waals surface area (Å²) in [4.78, 5) is 15.6. The van der Waals surface area contributed by atoms with Crippen molar-refractivity contribution >= 4 is 6.03 Å². The molecule has 0 spiro atoms. The second-order valence-electron chi connectivity index (χ2n) is 5.79. The maximum absolute atomic E-state index is 11.6. The van der Waals surface area contributed by atoms with Gasteiger partial charge in [-0.25, -0.2) is 4.79 Å². The van der Waals surface area contributed by atoms with Gasteiger partial charge in [-0.3, -0.25) is 4.98 Å². The highest BCUT2D eigenvalue weighted by Crippen LogP contribution is 2.09. The summed E-state index contributed by atoms with van der Waals surface area (Å²) < 4.78 is 0. The number of amides is 2. The molecule has 0 bridgehead atoms. The van der Waals surface area contributed by atoms with Crippen LogP contribution >= 0.6 is 0 Å². The Morgan fingerprint density at radius 3 is 2.14 bits per heavy atom. The molecule has 2 N–H and O–H groups in total. The number of carbonyl (C=O) groups excluding carboxylic acids is 1. The summed E-state index contributed by atoms with van der Waals surface area (Å²) in [5.74, 6) is 0. The lowest BCUT2D eigenvalue weighted by atomic mass is 10.1. The molecule has 124 valence electrons. The summed E-state index contributed by atoms with van der Waals surface area (Å²) in [6.07, 6.45) is 15.2. The van der Waals surface area contributed by atoms with Crippen LogP contribution in [0.4, 0.5) is 4.79 Å². The molecule has 0 aliphatic heterocycles. The first kappa shape index (κ1) is 18.5. The van der Waals surface area contributed by atoms with Crippen molar-refractivity contribution in [2.24, 2.45) is 0 Å². The Kier molecular flexibility index (Phi) is 11.0. The second-order valence-corrected chi connectivity index (χ2v) is 5.79. The van der Waals surface area contributed by atoms with Crippen LogP contribution in [0.25, 0.3) is 0 Å². The number of nitrogens with one attached hydrogen (secondary N) is 2. The fourth-order valence-corrected chi connectivity index (χ4v) is 2.38. The summed E-state index contributed by atoms with van der Waals surface area (Å²) in [5, 5.41) is 5.76. The van der Waals surface area contributed by atoms with E-state index in [0.717, 1.165) is 18.5 Å². The van der Waals surface area contributed by atoms with Gasteiger partial charge in [-0.05, 0) is 24.1 Å². The molecule has 0 radical (unpaired) electrons. The van der Waals surface area contributed by atoms with Crippen LogP contribution in [0.3, 0.4) is 0 Å².